The first-order valence-electron chi connectivity index (χ1n) is 20.1. The first-order chi connectivity index (χ1) is 29.3. The molecule has 0 fully saturated rings. The van der Waals surface area contributed by atoms with Crippen LogP contribution in [0, 0.1) is 0 Å². The van der Waals surface area contributed by atoms with E-state index in [4.69, 9.17) is 9.97 Å². The smallest absolute Gasteiger partial charge is 0.235 e. The van der Waals surface area contributed by atoms with Gasteiger partial charge in [-0.05, 0) is 72.1 Å². The molecule has 274 valence electrons. The summed E-state index contributed by atoms with van der Waals surface area (Å²) in [6.45, 7) is 0. The SMILES string of the molecule is c1ccc(-n2c3ccccc3c3c(-c4nc(-n5c6ccccc6c6cc7cccc(-n8c9ccccc9c9ccccc98)c7cc65)nc5ccccc45)cccc32)cc1. The zero-order chi connectivity index (χ0) is 38.6. The molecular formula is C54H33N5. The van der Waals surface area contributed by atoms with Crippen LogP contribution >= 0.6 is 0 Å². The van der Waals surface area contributed by atoms with E-state index < -0.39 is 0 Å². The molecule has 5 heteroatoms. The van der Waals surface area contributed by atoms with E-state index in [0.717, 1.165) is 66.4 Å². The van der Waals surface area contributed by atoms with Gasteiger partial charge in [0.2, 0.25) is 5.95 Å². The van der Waals surface area contributed by atoms with Crippen LogP contribution in [0.15, 0.2) is 200 Å². The molecule has 0 atom stereocenters. The van der Waals surface area contributed by atoms with Crippen molar-refractivity contribution in [1.29, 1.82) is 0 Å². The number of aromatic nitrogens is 5. The number of fused-ring (bicyclic) bond motifs is 11. The molecule has 0 saturated heterocycles. The number of benzene rings is 9. The lowest BCUT2D eigenvalue weighted by atomic mass is 10.0. The van der Waals surface area contributed by atoms with Gasteiger partial charge in [-0.25, -0.2) is 9.97 Å². The van der Waals surface area contributed by atoms with Gasteiger partial charge in [-0.1, -0.05) is 133 Å². The third kappa shape index (κ3) is 4.55. The van der Waals surface area contributed by atoms with Gasteiger partial charge in [0.05, 0.1) is 50.0 Å². The summed E-state index contributed by atoms with van der Waals surface area (Å²) in [5, 5.41) is 10.5. The number of rotatable bonds is 4. The second-order valence-electron chi connectivity index (χ2n) is 15.4. The van der Waals surface area contributed by atoms with Gasteiger partial charge in [-0.3, -0.25) is 4.57 Å². The molecule has 0 aliphatic heterocycles. The molecule has 0 spiro atoms. The zero-order valence-corrected chi connectivity index (χ0v) is 31.8. The Morgan fingerprint density at radius 1 is 0.322 bits per heavy atom. The fourth-order valence-corrected chi connectivity index (χ4v) is 9.76. The summed E-state index contributed by atoms with van der Waals surface area (Å²) in [4.78, 5) is 11.0. The Kier molecular flexibility index (Phi) is 6.66. The molecule has 5 nitrogen and oxygen atoms in total. The van der Waals surface area contributed by atoms with Crippen molar-refractivity contribution in [2.75, 3.05) is 0 Å². The minimum Gasteiger partial charge on any atom is -0.309 e. The van der Waals surface area contributed by atoms with E-state index >= 15 is 0 Å². The molecule has 13 aromatic rings. The van der Waals surface area contributed by atoms with Crippen molar-refractivity contribution in [1.82, 2.24) is 23.7 Å². The highest BCUT2D eigenvalue weighted by Gasteiger charge is 2.22. The lowest BCUT2D eigenvalue weighted by Crippen LogP contribution is -2.04. The van der Waals surface area contributed by atoms with Crippen LogP contribution in [0.3, 0.4) is 0 Å². The molecular weight excluding hydrogens is 719 g/mol. The normalized spacial score (nSPS) is 12.1. The minimum absolute atomic E-state index is 0.641. The van der Waals surface area contributed by atoms with Crippen molar-refractivity contribution >= 4 is 87.1 Å². The van der Waals surface area contributed by atoms with Crippen LogP contribution in [-0.4, -0.2) is 23.7 Å². The third-order valence-electron chi connectivity index (χ3n) is 12.2. The number of hydrogen-bond acceptors (Lipinski definition) is 2. The van der Waals surface area contributed by atoms with Gasteiger partial charge in [-0.15, -0.1) is 0 Å². The van der Waals surface area contributed by atoms with E-state index in [9.17, 15) is 0 Å². The Labute approximate surface area is 338 Å². The van der Waals surface area contributed by atoms with Crippen molar-refractivity contribution in [2.45, 2.75) is 0 Å². The second kappa shape index (κ2) is 12.2. The van der Waals surface area contributed by atoms with Gasteiger partial charge < -0.3 is 9.13 Å². The van der Waals surface area contributed by atoms with Gasteiger partial charge >= 0.3 is 0 Å². The van der Waals surface area contributed by atoms with Crippen LogP contribution in [0.4, 0.5) is 0 Å². The number of nitrogens with zero attached hydrogens (tertiary/aromatic N) is 5. The highest BCUT2D eigenvalue weighted by molar-refractivity contribution is 6.18. The molecule has 0 aliphatic rings. The molecule has 0 amide bonds. The maximum absolute atomic E-state index is 5.62. The van der Waals surface area contributed by atoms with Crippen LogP contribution in [0.1, 0.15) is 0 Å². The zero-order valence-electron chi connectivity index (χ0n) is 31.8. The molecule has 0 saturated carbocycles. The predicted octanol–water partition coefficient (Wildman–Crippen LogP) is 13.7. The van der Waals surface area contributed by atoms with Crippen LogP contribution in [0.2, 0.25) is 0 Å². The van der Waals surface area contributed by atoms with Gasteiger partial charge in [0.1, 0.15) is 0 Å². The quantitative estimate of drug-likeness (QED) is 0.180. The van der Waals surface area contributed by atoms with Crippen LogP contribution in [0.5, 0.6) is 0 Å². The molecule has 0 radical (unpaired) electrons. The van der Waals surface area contributed by atoms with E-state index in [-0.39, 0.29) is 0 Å². The topological polar surface area (TPSA) is 40.6 Å². The van der Waals surface area contributed by atoms with E-state index in [1.807, 2.05) is 0 Å². The highest BCUT2D eigenvalue weighted by Crippen LogP contribution is 2.42. The van der Waals surface area contributed by atoms with Crippen molar-refractivity contribution < 1.29 is 0 Å². The molecule has 0 N–H and O–H groups in total. The Morgan fingerprint density at radius 3 is 1.61 bits per heavy atom. The average molecular weight is 752 g/mol. The molecule has 0 bridgehead atoms. The summed E-state index contributed by atoms with van der Waals surface area (Å²) in [5.74, 6) is 0.641. The first-order valence-corrected chi connectivity index (χ1v) is 20.1. The molecule has 59 heavy (non-hydrogen) atoms. The highest BCUT2D eigenvalue weighted by atomic mass is 15.2. The van der Waals surface area contributed by atoms with Crippen molar-refractivity contribution in [2.24, 2.45) is 0 Å². The van der Waals surface area contributed by atoms with E-state index in [0.29, 0.717) is 5.95 Å². The molecule has 0 aliphatic carbocycles. The summed E-state index contributed by atoms with van der Waals surface area (Å²) >= 11 is 0. The standard InChI is InChI=1S/C54H33N5/c1-2-17-35(18-3-1)57-48-29-13-8-23-40(48)52-41(24-15-31-50(52)57)53-39-22-4-9-25-44(39)55-54(56-53)59-47-28-12-7-21-38(47)43-32-34-16-14-30-49(42(34)33-51(43)59)58-45-26-10-5-19-36(45)37-20-6-11-27-46(37)58/h1-33H. The molecule has 13 rings (SSSR count). The van der Waals surface area contributed by atoms with E-state index in [2.05, 4.69) is 214 Å². The second-order valence-corrected chi connectivity index (χ2v) is 15.4. The monoisotopic (exact) mass is 751 g/mol. The summed E-state index contributed by atoms with van der Waals surface area (Å²) in [5.41, 5.74) is 11.9. The Morgan fingerprint density at radius 2 is 0.881 bits per heavy atom. The largest absolute Gasteiger partial charge is 0.309 e. The lowest BCUT2D eigenvalue weighted by Gasteiger charge is -2.14. The van der Waals surface area contributed by atoms with E-state index in [1.165, 1.54) is 43.4 Å². The number of para-hydroxylation sites is 6. The van der Waals surface area contributed by atoms with Gasteiger partial charge in [0.25, 0.3) is 0 Å². The van der Waals surface area contributed by atoms with Crippen molar-refractivity contribution in [3.8, 4) is 28.6 Å². The Hall–Kier alpha value is -8.02. The Balaban J connectivity index is 1.12. The van der Waals surface area contributed by atoms with E-state index in [1.54, 1.807) is 0 Å². The summed E-state index contributed by atoms with van der Waals surface area (Å²) in [6.07, 6.45) is 0. The molecule has 9 aromatic carbocycles. The summed E-state index contributed by atoms with van der Waals surface area (Å²) in [7, 11) is 0. The predicted molar refractivity (Wildman–Crippen MR) is 245 cm³/mol. The summed E-state index contributed by atoms with van der Waals surface area (Å²) < 4.78 is 7.06. The number of hydrogen-bond donors (Lipinski definition) is 0. The maximum atomic E-state index is 5.62. The van der Waals surface area contributed by atoms with Crippen LogP contribution < -0.4 is 0 Å². The molecule has 4 aromatic heterocycles. The lowest BCUT2D eigenvalue weighted by molar-refractivity contribution is 1.01. The van der Waals surface area contributed by atoms with Gasteiger partial charge in [0.15, 0.2) is 0 Å². The van der Waals surface area contributed by atoms with Crippen LogP contribution in [-0.2, 0) is 0 Å². The van der Waals surface area contributed by atoms with Gasteiger partial charge in [0, 0.05) is 54.3 Å². The Bertz CT molecular complexity index is 3800. The molecule has 0 unspecified atom stereocenters. The molecule has 4 heterocycles. The fourth-order valence-electron chi connectivity index (χ4n) is 9.76. The minimum atomic E-state index is 0.641. The van der Waals surface area contributed by atoms with Crippen molar-refractivity contribution in [3.63, 3.8) is 0 Å². The maximum Gasteiger partial charge on any atom is 0.235 e. The fraction of sp³-hybridized carbons (Fsp3) is 0. The summed E-state index contributed by atoms with van der Waals surface area (Å²) in [6, 6.07) is 71.8. The van der Waals surface area contributed by atoms with Gasteiger partial charge in [-0.2, -0.15) is 0 Å². The average Bonchev–Trinajstić information content (AvgIpc) is 3.94. The third-order valence-corrected chi connectivity index (χ3v) is 12.2. The van der Waals surface area contributed by atoms with Crippen molar-refractivity contribution in [3.05, 3.63) is 200 Å². The first kappa shape index (κ1) is 32.1. The van der Waals surface area contributed by atoms with Crippen LogP contribution in [0.25, 0.3) is 116 Å².